The van der Waals surface area contributed by atoms with Gasteiger partial charge in [-0.15, -0.1) is 0 Å². The minimum atomic E-state index is -0.433. The number of likely N-dealkylation sites (tertiary alicyclic amines) is 2. The largest absolute Gasteiger partial charge is 0.445 e. The Hall–Kier alpha value is -2.32. The summed E-state index contributed by atoms with van der Waals surface area (Å²) in [4.78, 5) is 33.3. The standard InChI is InChI=1S/C26H40N4O4/c1-26(2,3)34-25(32)30-18-22(19-30)17-27-13-15-28(16-14-27)23-9-11-29(12-10-23)24(31)33-20-21-7-5-4-6-8-21/h4-8,22-23H,9-20H2,1-3H3. The van der Waals surface area contributed by atoms with Gasteiger partial charge in [0.05, 0.1) is 0 Å². The van der Waals surface area contributed by atoms with Gasteiger partial charge in [0, 0.05) is 70.9 Å². The van der Waals surface area contributed by atoms with Crippen LogP contribution >= 0.6 is 0 Å². The third-order valence-electron chi connectivity index (χ3n) is 6.98. The van der Waals surface area contributed by atoms with Crippen LogP contribution in [0.1, 0.15) is 39.2 Å². The van der Waals surface area contributed by atoms with Gasteiger partial charge in [-0.05, 0) is 39.2 Å². The Kier molecular flexibility index (Phi) is 7.99. The summed E-state index contributed by atoms with van der Waals surface area (Å²) in [6.45, 7) is 14.5. The highest BCUT2D eigenvalue weighted by Crippen LogP contribution is 2.23. The number of nitrogens with zero attached hydrogens (tertiary/aromatic N) is 4. The molecule has 0 saturated carbocycles. The Balaban J connectivity index is 1.10. The van der Waals surface area contributed by atoms with E-state index in [0.29, 0.717) is 18.6 Å². The number of rotatable bonds is 5. The number of ether oxygens (including phenoxy) is 2. The normalized spacial score (nSPS) is 21.3. The molecule has 0 aliphatic carbocycles. The molecule has 0 atom stereocenters. The monoisotopic (exact) mass is 472 g/mol. The number of piperazine rings is 1. The van der Waals surface area contributed by atoms with Crippen molar-refractivity contribution in [2.75, 3.05) is 58.9 Å². The molecule has 3 aliphatic rings. The molecular weight excluding hydrogens is 432 g/mol. The minimum Gasteiger partial charge on any atom is -0.445 e. The van der Waals surface area contributed by atoms with Crippen LogP contribution in [-0.2, 0) is 16.1 Å². The quantitative estimate of drug-likeness (QED) is 0.655. The maximum atomic E-state index is 12.4. The summed E-state index contributed by atoms with van der Waals surface area (Å²) in [6, 6.07) is 10.4. The summed E-state index contributed by atoms with van der Waals surface area (Å²) >= 11 is 0. The summed E-state index contributed by atoms with van der Waals surface area (Å²) in [6.07, 6.45) is 1.62. The molecule has 3 aliphatic heterocycles. The van der Waals surface area contributed by atoms with Gasteiger partial charge in [-0.2, -0.15) is 0 Å². The molecule has 1 aromatic carbocycles. The topological polar surface area (TPSA) is 65.6 Å². The van der Waals surface area contributed by atoms with Crippen LogP contribution in [0.15, 0.2) is 30.3 Å². The third kappa shape index (κ3) is 6.85. The molecule has 0 unspecified atom stereocenters. The van der Waals surface area contributed by atoms with Crippen LogP contribution in [-0.4, -0.2) is 102 Å². The van der Waals surface area contributed by atoms with Crippen molar-refractivity contribution in [2.24, 2.45) is 5.92 Å². The van der Waals surface area contributed by atoms with Gasteiger partial charge in [0.1, 0.15) is 12.2 Å². The number of carbonyl (C=O) groups excluding carboxylic acids is 2. The average Bonchev–Trinajstić information content (AvgIpc) is 2.79. The molecule has 0 radical (unpaired) electrons. The summed E-state index contributed by atoms with van der Waals surface area (Å²) in [5.74, 6) is 0.546. The van der Waals surface area contributed by atoms with E-state index in [4.69, 9.17) is 9.47 Å². The molecule has 34 heavy (non-hydrogen) atoms. The second kappa shape index (κ2) is 11.0. The number of carbonyl (C=O) groups is 2. The maximum absolute atomic E-state index is 12.4. The van der Waals surface area contributed by atoms with E-state index in [1.165, 1.54) is 0 Å². The van der Waals surface area contributed by atoms with E-state index < -0.39 is 5.60 Å². The first kappa shape index (κ1) is 24.8. The Morgan fingerprint density at radius 2 is 1.53 bits per heavy atom. The fourth-order valence-electron chi connectivity index (χ4n) is 5.06. The smallest absolute Gasteiger partial charge is 0.410 e. The molecule has 2 amide bonds. The highest BCUT2D eigenvalue weighted by Gasteiger charge is 2.36. The van der Waals surface area contributed by atoms with E-state index in [9.17, 15) is 9.59 Å². The van der Waals surface area contributed by atoms with Gasteiger partial charge < -0.3 is 24.2 Å². The van der Waals surface area contributed by atoms with Gasteiger partial charge in [0.25, 0.3) is 0 Å². The second-order valence-electron chi connectivity index (χ2n) is 10.8. The Bertz CT molecular complexity index is 806. The molecule has 188 valence electrons. The average molecular weight is 473 g/mol. The van der Waals surface area contributed by atoms with Crippen molar-refractivity contribution < 1.29 is 19.1 Å². The van der Waals surface area contributed by atoms with Crippen molar-refractivity contribution >= 4 is 12.2 Å². The molecule has 8 heteroatoms. The van der Waals surface area contributed by atoms with E-state index in [0.717, 1.165) is 77.3 Å². The predicted octanol–water partition coefficient (Wildman–Crippen LogP) is 3.27. The zero-order chi connectivity index (χ0) is 24.1. The molecule has 3 fully saturated rings. The Labute approximate surface area is 203 Å². The summed E-state index contributed by atoms with van der Waals surface area (Å²) < 4.78 is 10.9. The van der Waals surface area contributed by atoms with E-state index in [2.05, 4.69) is 9.80 Å². The van der Waals surface area contributed by atoms with Crippen molar-refractivity contribution in [1.29, 1.82) is 0 Å². The lowest BCUT2D eigenvalue weighted by atomic mass is 9.99. The lowest BCUT2D eigenvalue weighted by molar-refractivity contribution is -0.0117. The molecule has 0 aromatic heterocycles. The molecule has 0 bridgehead atoms. The zero-order valence-electron chi connectivity index (χ0n) is 20.9. The first-order valence-electron chi connectivity index (χ1n) is 12.7. The highest BCUT2D eigenvalue weighted by molar-refractivity contribution is 5.69. The van der Waals surface area contributed by atoms with E-state index >= 15 is 0 Å². The Morgan fingerprint density at radius 3 is 2.15 bits per heavy atom. The van der Waals surface area contributed by atoms with Crippen molar-refractivity contribution in [1.82, 2.24) is 19.6 Å². The van der Waals surface area contributed by atoms with Gasteiger partial charge in [-0.25, -0.2) is 9.59 Å². The lowest BCUT2D eigenvalue weighted by Crippen LogP contribution is -2.58. The van der Waals surface area contributed by atoms with Crippen LogP contribution < -0.4 is 0 Å². The fraction of sp³-hybridized carbons (Fsp3) is 0.692. The van der Waals surface area contributed by atoms with E-state index in [1.54, 1.807) is 0 Å². The number of benzene rings is 1. The predicted molar refractivity (Wildman–Crippen MR) is 131 cm³/mol. The first-order chi connectivity index (χ1) is 16.3. The number of amides is 2. The van der Waals surface area contributed by atoms with Gasteiger partial charge in [0.2, 0.25) is 0 Å². The third-order valence-corrected chi connectivity index (χ3v) is 6.98. The molecule has 8 nitrogen and oxygen atoms in total. The number of hydrogen-bond donors (Lipinski definition) is 0. The van der Waals surface area contributed by atoms with Crippen LogP contribution in [0.3, 0.4) is 0 Å². The van der Waals surface area contributed by atoms with Gasteiger partial charge in [0.15, 0.2) is 0 Å². The maximum Gasteiger partial charge on any atom is 0.410 e. The summed E-state index contributed by atoms with van der Waals surface area (Å²) in [5, 5.41) is 0. The van der Waals surface area contributed by atoms with Gasteiger partial charge >= 0.3 is 12.2 Å². The second-order valence-corrected chi connectivity index (χ2v) is 10.8. The van der Waals surface area contributed by atoms with Crippen LogP contribution in [0, 0.1) is 5.92 Å². The van der Waals surface area contributed by atoms with Crippen molar-refractivity contribution in [3.8, 4) is 0 Å². The molecule has 0 N–H and O–H groups in total. The molecule has 4 rings (SSSR count). The summed E-state index contributed by atoms with van der Waals surface area (Å²) in [7, 11) is 0. The van der Waals surface area contributed by atoms with Crippen LogP contribution in [0.5, 0.6) is 0 Å². The van der Waals surface area contributed by atoms with Gasteiger partial charge in [-0.3, -0.25) is 4.90 Å². The minimum absolute atomic E-state index is 0.191. The van der Waals surface area contributed by atoms with E-state index in [1.807, 2.05) is 60.9 Å². The molecule has 0 spiro atoms. The zero-order valence-corrected chi connectivity index (χ0v) is 20.9. The van der Waals surface area contributed by atoms with E-state index in [-0.39, 0.29) is 12.2 Å². The first-order valence-corrected chi connectivity index (χ1v) is 12.7. The number of hydrogen-bond acceptors (Lipinski definition) is 6. The summed E-state index contributed by atoms with van der Waals surface area (Å²) in [5.41, 5.74) is 0.583. The number of piperidine rings is 1. The van der Waals surface area contributed by atoms with Crippen LogP contribution in [0.25, 0.3) is 0 Å². The molecule has 3 saturated heterocycles. The van der Waals surface area contributed by atoms with Gasteiger partial charge in [-0.1, -0.05) is 30.3 Å². The van der Waals surface area contributed by atoms with Crippen molar-refractivity contribution in [2.45, 2.75) is 51.9 Å². The Morgan fingerprint density at radius 1 is 0.882 bits per heavy atom. The van der Waals surface area contributed by atoms with Crippen molar-refractivity contribution in [3.63, 3.8) is 0 Å². The molecular formula is C26H40N4O4. The molecule has 1 aromatic rings. The SMILES string of the molecule is CC(C)(C)OC(=O)N1CC(CN2CCN(C3CCN(C(=O)OCc4ccccc4)CC3)CC2)C1. The lowest BCUT2D eigenvalue weighted by Gasteiger charge is -2.45. The fourth-order valence-corrected chi connectivity index (χ4v) is 5.06. The molecule has 3 heterocycles. The highest BCUT2D eigenvalue weighted by atomic mass is 16.6. The van der Waals surface area contributed by atoms with Crippen LogP contribution in [0.4, 0.5) is 9.59 Å². The van der Waals surface area contributed by atoms with Crippen molar-refractivity contribution in [3.05, 3.63) is 35.9 Å². The van der Waals surface area contributed by atoms with Crippen LogP contribution in [0.2, 0.25) is 0 Å².